The molecule has 114 heavy (non-hydrogen) atoms. The second kappa shape index (κ2) is 30.1. The molecule has 16 aromatic heterocycles. The number of alkyl halides is 3. The van der Waals surface area contributed by atoms with Crippen molar-refractivity contribution in [2.45, 2.75) is 58.0 Å². The molecule has 0 bridgehead atoms. The van der Waals surface area contributed by atoms with Gasteiger partial charge in [-0.25, -0.2) is 24.9 Å². The summed E-state index contributed by atoms with van der Waals surface area (Å²) in [5, 5.41) is 81.7. The number of hydrogen-bond donors (Lipinski definition) is 12. The summed E-state index contributed by atoms with van der Waals surface area (Å²) >= 11 is 8.26. The van der Waals surface area contributed by atoms with Crippen molar-refractivity contribution in [1.82, 2.24) is 115 Å². The van der Waals surface area contributed by atoms with Crippen LogP contribution in [-0.2, 0) is 25.7 Å². The lowest BCUT2D eigenvalue weighted by atomic mass is 9.92. The molecule has 31 nitrogen and oxygen atoms in total. The number of nitrogens with zero attached hydrogens (tertiary/aromatic N) is 19. The van der Waals surface area contributed by atoms with Crippen molar-refractivity contribution in [2.24, 2.45) is 14.1 Å². The van der Waals surface area contributed by atoms with E-state index in [9.17, 15) is 13.2 Å². The number of nitrogens with one attached hydrogen (secondary N) is 12. The normalized spacial score (nSPS) is 12.3. The highest BCUT2D eigenvalue weighted by molar-refractivity contribution is 7.19. The molecule has 40 heteroatoms. The summed E-state index contributed by atoms with van der Waals surface area (Å²) in [4.78, 5) is 42.3. The molecule has 0 spiro atoms. The van der Waals surface area contributed by atoms with E-state index >= 15 is 0 Å². The van der Waals surface area contributed by atoms with E-state index in [1.807, 2.05) is 161 Å². The Kier molecular flexibility index (Phi) is 19.1. The number of H-pyrrole nitrogens is 4. The first-order chi connectivity index (χ1) is 55.3. The fraction of sp³-hybridized carbons (Fsp3) is 0.149. The molecule has 1 aliphatic carbocycles. The smallest absolute Gasteiger partial charge is 0.339 e. The Labute approximate surface area is 665 Å². The largest absolute Gasteiger partial charge is 0.445 e. The molecule has 1 aliphatic rings. The van der Waals surface area contributed by atoms with E-state index < -0.39 is 11.2 Å². The number of aryl methyl sites for hydroxylation is 3. The molecule has 0 radical (unpaired) electrons. The topological polar surface area (TPSA) is 388 Å². The van der Waals surface area contributed by atoms with Crippen molar-refractivity contribution in [3.63, 3.8) is 0 Å². The van der Waals surface area contributed by atoms with E-state index in [0.29, 0.717) is 46.4 Å². The van der Waals surface area contributed by atoms with Gasteiger partial charge < -0.3 is 31.9 Å². The number of aromatic amines is 4. The van der Waals surface area contributed by atoms with E-state index in [2.05, 4.69) is 172 Å². The van der Waals surface area contributed by atoms with Gasteiger partial charge in [0, 0.05) is 92.9 Å². The highest BCUT2D eigenvalue weighted by atomic mass is 32.1. The van der Waals surface area contributed by atoms with Crippen LogP contribution in [0.1, 0.15) is 60.8 Å². The highest BCUT2D eigenvalue weighted by Gasteiger charge is 2.36. The molecule has 0 unspecified atom stereocenters. The maximum absolute atomic E-state index is 12.7. The van der Waals surface area contributed by atoms with Gasteiger partial charge in [-0.2, -0.15) is 63.7 Å². The van der Waals surface area contributed by atoms with Crippen LogP contribution in [0, 0.1) is 6.92 Å². The predicted molar refractivity (Wildman–Crippen MR) is 449 cm³/mol. The van der Waals surface area contributed by atoms with Gasteiger partial charge in [-0.1, -0.05) is 32.1 Å². The molecule has 4 aromatic carbocycles. The number of rotatable bonds is 17. The van der Waals surface area contributed by atoms with Crippen molar-refractivity contribution < 1.29 is 13.2 Å². The molecule has 1 fully saturated rings. The Morgan fingerprint density at radius 2 is 0.789 bits per heavy atom. The third kappa shape index (κ3) is 15.9. The number of thiazole rings is 1. The summed E-state index contributed by atoms with van der Waals surface area (Å²) in [6.45, 7) is 8.45. The number of halogens is 3. The molecule has 570 valence electrons. The van der Waals surface area contributed by atoms with Gasteiger partial charge in [0.25, 0.3) is 0 Å². The SMILES string of the molecule is Cc1cnc(Nc2nc(Nc3ccc4[nH]ncc4c3)c3sccc3n2)s1.Cn1nc(C(C)(C)C)cc1Nc1nc(Nc2ccc3[nH]ncc3c2)c2sccc2n1.Cn1nc(C2CC2)cc1Nc1nc(Nc2ccc3[nH]ncc3c2)c2sccc2n1.FC(F)(F)c1nnc(Nc2nc(Nc3ccc4[nH]ncc4c3)c3sccc3n2)s1. The zero-order valence-electron chi connectivity index (χ0n) is 60.7. The standard InChI is InChI=1S/C21H22N8S.C20H18N8S.C17H13N7S2.C16H9F3N8S2/c1-21(2,3)16-10-17(29(4)28-16)25-20-24-15-7-8-30-18(15)19(26-20)23-13-5-6-14-12(9-13)11-22-27-14;1-28-17(9-16(27-28)11-2-3-11)24-20-23-15-6-7-29-18(15)19(25-20)22-13-4-5-14-12(8-13)10-21-26-14;1-9-7-18-17(26-9)23-16-21-13-4-5-25-14(13)15(22-16)20-11-2-3-12-10(6-11)8-19-24-12;17-16(18,19)13-26-27-15(29-13)24-14-22-10-3-4-28-11(10)12(23-14)21-8-1-2-9-7(5-8)6-20-25-9/h5-11H,1-4H3,(H,22,27)(H2,23,24,25,26);4-11H,2-3H2,1H3,(H,21,26)(H2,22,23,24,25);2-8H,1H3,(H,19,24)(H2,18,20,21,22,23);1-6H,(H,20,25)(H2,21,22,23,24,27). The Balaban J connectivity index is 0.000000106. The molecule has 20 aromatic rings. The Bertz CT molecular complexity index is 6880. The van der Waals surface area contributed by atoms with Crippen molar-refractivity contribution >= 4 is 244 Å². The number of fused-ring (bicyclic) bond motifs is 8. The third-order valence-corrected chi connectivity index (χ3v) is 23.1. The zero-order chi connectivity index (χ0) is 77.8. The van der Waals surface area contributed by atoms with Crippen LogP contribution >= 0.6 is 68.0 Å². The molecule has 0 atom stereocenters. The first-order valence-electron chi connectivity index (χ1n) is 35.1. The van der Waals surface area contributed by atoms with Crippen LogP contribution in [0.15, 0.2) is 162 Å². The van der Waals surface area contributed by atoms with Crippen molar-refractivity contribution in [1.29, 1.82) is 0 Å². The summed E-state index contributed by atoms with van der Waals surface area (Å²) in [6.07, 6.45) is 6.87. The molecule has 1 saturated carbocycles. The van der Waals surface area contributed by atoms with E-state index in [1.165, 1.54) is 24.2 Å². The minimum atomic E-state index is -4.55. The number of hydrogen-bond acceptors (Lipinski definition) is 31. The van der Waals surface area contributed by atoms with Gasteiger partial charge in [-0.15, -0.1) is 66.9 Å². The summed E-state index contributed by atoms with van der Waals surface area (Å²) in [7, 11) is 3.86. The monoisotopic (exact) mass is 1630 g/mol. The summed E-state index contributed by atoms with van der Waals surface area (Å²) in [6, 6.07) is 35.8. The van der Waals surface area contributed by atoms with Gasteiger partial charge in [0.1, 0.15) is 11.6 Å². The summed E-state index contributed by atoms with van der Waals surface area (Å²) < 4.78 is 45.7. The first kappa shape index (κ1) is 72.3. The van der Waals surface area contributed by atoms with Gasteiger partial charge in [-0.3, -0.25) is 40.4 Å². The van der Waals surface area contributed by atoms with Gasteiger partial charge in [0.05, 0.1) is 99.1 Å². The fourth-order valence-corrected chi connectivity index (χ4v) is 16.4. The fourth-order valence-electron chi connectivity index (χ4n) is 12.0. The average Bonchev–Trinajstić information content (AvgIpc) is 1.58. The molecule has 12 N–H and O–H groups in total. The van der Waals surface area contributed by atoms with E-state index in [1.54, 1.807) is 63.8 Å². The molecule has 21 rings (SSSR count). The minimum absolute atomic E-state index is 0.0334. The van der Waals surface area contributed by atoms with Gasteiger partial charge in [0.15, 0.2) is 28.4 Å². The lowest BCUT2D eigenvalue weighted by Crippen LogP contribution is -2.12. The second-order valence-corrected chi connectivity index (χ2v) is 33.0. The van der Waals surface area contributed by atoms with Crippen molar-refractivity contribution in [3.8, 4) is 0 Å². The van der Waals surface area contributed by atoms with Gasteiger partial charge in [0.2, 0.25) is 33.9 Å². The number of thiophene rings is 4. The average molecular weight is 1630 g/mol. The lowest BCUT2D eigenvalue weighted by Gasteiger charge is -2.13. The van der Waals surface area contributed by atoms with Gasteiger partial charge in [-0.05, 0) is 138 Å². The van der Waals surface area contributed by atoms with E-state index in [4.69, 9.17) is 9.97 Å². The maximum Gasteiger partial charge on any atom is 0.445 e. The summed E-state index contributed by atoms with van der Waals surface area (Å²) in [5.74, 6) is 6.90. The first-order valence-corrected chi connectivity index (χ1v) is 40.3. The maximum atomic E-state index is 12.7. The van der Waals surface area contributed by atoms with Crippen LogP contribution < -0.4 is 42.5 Å². The van der Waals surface area contributed by atoms with Crippen LogP contribution in [0.3, 0.4) is 0 Å². The Hall–Kier alpha value is -13.3. The lowest BCUT2D eigenvalue weighted by molar-refractivity contribution is -0.138. The van der Waals surface area contributed by atoms with Crippen LogP contribution in [0.2, 0.25) is 0 Å². The van der Waals surface area contributed by atoms with Crippen LogP contribution in [0.4, 0.5) is 105 Å². The van der Waals surface area contributed by atoms with Crippen LogP contribution in [0.25, 0.3) is 84.5 Å². The highest BCUT2D eigenvalue weighted by Crippen LogP contribution is 2.42. The van der Waals surface area contributed by atoms with Crippen molar-refractivity contribution in [2.75, 3.05) is 42.5 Å². The Morgan fingerprint density at radius 3 is 1.14 bits per heavy atom. The van der Waals surface area contributed by atoms with Crippen molar-refractivity contribution in [3.05, 3.63) is 183 Å². The Morgan fingerprint density at radius 1 is 0.412 bits per heavy atom. The molecule has 16 heterocycles. The molecular weight excluding hydrogens is 1570 g/mol. The molecular formula is C74H62F3N31S6. The zero-order valence-corrected chi connectivity index (χ0v) is 65.6. The molecule has 0 amide bonds. The molecule has 0 saturated heterocycles. The third-order valence-electron chi connectivity index (χ3n) is 17.8. The second-order valence-electron chi connectivity index (χ2n) is 27.1. The quantitative estimate of drug-likeness (QED) is 0.0403. The summed E-state index contributed by atoms with van der Waals surface area (Å²) in [5.41, 5.74) is 13.0. The number of aromatic nitrogens is 23. The predicted octanol–water partition coefficient (Wildman–Crippen LogP) is 19.5. The van der Waals surface area contributed by atoms with E-state index in [-0.39, 0.29) is 16.5 Å². The number of anilines is 16. The molecule has 0 aliphatic heterocycles. The minimum Gasteiger partial charge on any atom is -0.339 e. The van der Waals surface area contributed by atoms with Crippen LogP contribution in [-0.4, -0.2) is 115 Å². The number of benzene rings is 4. The van der Waals surface area contributed by atoms with Crippen LogP contribution in [0.5, 0.6) is 0 Å². The van der Waals surface area contributed by atoms with E-state index in [0.717, 1.165) is 152 Å². The van der Waals surface area contributed by atoms with Gasteiger partial charge >= 0.3 is 6.18 Å².